The SMILES string of the molecule is CCCCCCCCCCCCNC(=O)c1ccc(CN(Cc2cc(Cl)cc(Cl)c2)OCC(=O)O)cc1. The van der Waals surface area contributed by atoms with Gasteiger partial charge in [-0.1, -0.05) is 100 Å². The molecule has 0 aliphatic rings. The van der Waals surface area contributed by atoms with Crippen molar-refractivity contribution in [3.63, 3.8) is 0 Å². The van der Waals surface area contributed by atoms with Crippen LogP contribution in [0.5, 0.6) is 0 Å². The number of amides is 1. The Kier molecular flexibility index (Phi) is 15.3. The van der Waals surface area contributed by atoms with Crippen molar-refractivity contribution in [3.8, 4) is 0 Å². The Labute approximate surface area is 231 Å². The Morgan fingerprint density at radius 3 is 1.92 bits per heavy atom. The number of hydrogen-bond acceptors (Lipinski definition) is 4. The van der Waals surface area contributed by atoms with E-state index in [4.69, 9.17) is 33.1 Å². The molecule has 2 N–H and O–H groups in total. The van der Waals surface area contributed by atoms with Crippen molar-refractivity contribution >= 4 is 35.1 Å². The summed E-state index contributed by atoms with van der Waals surface area (Å²) < 4.78 is 0. The van der Waals surface area contributed by atoms with Crippen molar-refractivity contribution < 1.29 is 19.5 Å². The Bertz CT molecular complexity index is 933. The van der Waals surface area contributed by atoms with Crippen molar-refractivity contribution in [2.45, 2.75) is 84.2 Å². The maximum absolute atomic E-state index is 12.5. The minimum atomic E-state index is -1.07. The lowest BCUT2D eigenvalue weighted by molar-refractivity contribution is -0.190. The molecule has 0 unspecified atom stereocenters. The third kappa shape index (κ3) is 13.8. The number of hydrogen-bond donors (Lipinski definition) is 2. The van der Waals surface area contributed by atoms with Crippen LogP contribution in [0.15, 0.2) is 42.5 Å². The van der Waals surface area contributed by atoms with Crippen LogP contribution in [0.2, 0.25) is 10.0 Å². The zero-order valence-electron chi connectivity index (χ0n) is 21.8. The fourth-order valence-electron chi connectivity index (χ4n) is 4.08. The van der Waals surface area contributed by atoms with Gasteiger partial charge in [0.05, 0.1) is 0 Å². The van der Waals surface area contributed by atoms with Gasteiger partial charge >= 0.3 is 5.97 Å². The summed E-state index contributed by atoms with van der Waals surface area (Å²) in [7, 11) is 0. The van der Waals surface area contributed by atoms with E-state index in [1.54, 1.807) is 30.3 Å². The molecule has 0 aliphatic heterocycles. The Hall–Kier alpha value is -2.12. The fourth-order valence-corrected chi connectivity index (χ4v) is 4.65. The molecule has 0 bridgehead atoms. The predicted octanol–water partition coefficient (Wildman–Crippen LogP) is 7.66. The standard InChI is InChI=1S/C29H40Cl2N2O4/c1-2-3-4-5-6-7-8-9-10-11-16-32-29(36)25-14-12-23(13-15-25)20-33(37-22-28(34)35)21-24-17-26(30)19-27(31)18-24/h12-15,17-19H,2-11,16,20-22H2,1H3,(H,32,36)(H,34,35). The molecule has 0 fully saturated rings. The number of carboxylic acids is 1. The number of aliphatic carboxylic acids is 1. The highest BCUT2D eigenvalue weighted by Gasteiger charge is 2.12. The first-order valence-corrected chi connectivity index (χ1v) is 14.0. The van der Waals surface area contributed by atoms with Gasteiger partial charge in [0.2, 0.25) is 0 Å². The van der Waals surface area contributed by atoms with Crippen LogP contribution in [0.25, 0.3) is 0 Å². The lowest BCUT2D eigenvalue weighted by atomic mass is 10.1. The molecular formula is C29H40Cl2N2O4. The highest BCUT2D eigenvalue weighted by molar-refractivity contribution is 6.34. The molecule has 0 aliphatic carbocycles. The van der Waals surface area contributed by atoms with E-state index < -0.39 is 12.6 Å². The number of carbonyl (C=O) groups excluding carboxylic acids is 1. The monoisotopic (exact) mass is 550 g/mol. The summed E-state index contributed by atoms with van der Waals surface area (Å²) in [6.07, 6.45) is 12.6. The number of unbranched alkanes of at least 4 members (excludes halogenated alkanes) is 9. The van der Waals surface area contributed by atoms with E-state index in [-0.39, 0.29) is 5.91 Å². The number of hydroxylamine groups is 2. The zero-order chi connectivity index (χ0) is 26.9. The number of carbonyl (C=O) groups is 2. The summed E-state index contributed by atoms with van der Waals surface area (Å²) in [6, 6.07) is 12.4. The molecule has 2 aromatic rings. The minimum Gasteiger partial charge on any atom is -0.479 e. The second-order valence-corrected chi connectivity index (χ2v) is 10.3. The first kappa shape index (κ1) is 31.1. The number of carboxylic acid groups (broad SMARTS) is 1. The Morgan fingerprint density at radius 2 is 1.35 bits per heavy atom. The second-order valence-electron chi connectivity index (χ2n) is 9.38. The number of nitrogens with zero attached hydrogens (tertiary/aromatic N) is 1. The van der Waals surface area contributed by atoms with Crippen molar-refractivity contribution in [3.05, 3.63) is 69.2 Å². The van der Waals surface area contributed by atoms with Crippen LogP contribution in [-0.4, -0.2) is 35.2 Å². The van der Waals surface area contributed by atoms with Crippen LogP contribution >= 0.6 is 23.2 Å². The average molecular weight is 552 g/mol. The minimum absolute atomic E-state index is 0.0879. The van der Waals surface area contributed by atoms with E-state index in [0.717, 1.165) is 24.0 Å². The van der Waals surface area contributed by atoms with E-state index in [9.17, 15) is 9.59 Å². The van der Waals surface area contributed by atoms with Gasteiger partial charge in [-0.05, 0) is 47.9 Å². The number of rotatable bonds is 19. The molecule has 0 atom stereocenters. The van der Waals surface area contributed by atoms with Crippen LogP contribution in [0.1, 0.15) is 92.6 Å². The van der Waals surface area contributed by atoms with Crippen molar-refractivity contribution in [1.29, 1.82) is 0 Å². The van der Waals surface area contributed by atoms with Crippen molar-refractivity contribution in [1.82, 2.24) is 10.4 Å². The smallest absolute Gasteiger partial charge is 0.331 e. The Morgan fingerprint density at radius 1 is 0.811 bits per heavy atom. The maximum atomic E-state index is 12.5. The summed E-state index contributed by atoms with van der Waals surface area (Å²) in [5.41, 5.74) is 2.27. The van der Waals surface area contributed by atoms with Gasteiger partial charge < -0.3 is 10.4 Å². The van der Waals surface area contributed by atoms with Gasteiger partial charge in [-0.15, -0.1) is 0 Å². The normalized spacial score (nSPS) is 11.1. The molecular weight excluding hydrogens is 511 g/mol. The molecule has 37 heavy (non-hydrogen) atoms. The summed E-state index contributed by atoms with van der Waals surface area (Å²) in [5.74, 6) is -1.15. The molecule has 204 valence electrons. The molecule has 1 amide bonds. The van der Waals surface area contributed by atoms with Gasteiger partial charge in [0.1, 0.15) is 0 Å². The molecule has 6 nitrogen and oxygen atoms in total. The van der Waals surface area contributed by atoms with E-state index in [0.29, 0.717) is 35.2 Å². The third-order valence-electron chi connectivity index (χ3n) is 6.04. The first-order valence-electron chi connectivity index (χ1n) is 13.3. The van der Waals surface area contributed by atoms with Crippen molar-refractivity contribution in [2.75, 3.05) is 13.2 Å². The first-order chi connectivity index (χ1) is 17.9. The molecule has 0 spiro atoms. The van der Waals surface area contributed by atoms with Gasteiger partial charge in [0.15, 0.2) is 6.61 Å². The molecule has 8 heteroatoms. The third-order valence-corrected chi connectivity index (χ3v) is 6.48. The second kappa shape index (κ2) is 18.2. The molecule has 0 aromatic heterocycles. The maximum Gasteiger partial charge on any atom is 0.331 e. The van der Waals surface area contributed by atoms with Crippen molar-refractivity contribution in [2.24, 2.45) is 0 Å². The molecule has 0 radical (unpaired) electrons. The molecule has 0 heterocycles. The van der Waals surface area contributed by atoms with Crippen LogP contribution in [-0.2, 0) is 22.7 Å². The Balaban J connectivity index is 1.75. The van der Waals surface area contributed by atoms with E-state index in [1.165, 1.54) is 56.4 Å². The van der Waals surface area contributed by atoms with Gasteiger partial charge in [-0.2, -0.15) is 5.06 Å². The van der Waals surface area contributed by atoms with E-state index in [2.05, 4.69) is 12.2 Å². The fraction of sp³-hybridized carbons (Fsp3) is 0.517. The lowest BCUT2D eigenvalue weighted by Gasteiger charge is -2.21. The summed E-state index contributed by atoms with van der Waals surface area (Å²) in [5, 5.41) is 14.5. The number of benzene rings is 2. The summed E-state index contributed by atoms with van der Waals surface area (Å²) >= 11 is 12.2. The van der Waals surface area contributed by atoms with E-state index >= 15 is 0 Å². The number of halogens is 2. The molecule has 2 aromatic carbocycles. The lowest BCUT2D eigenvalue weighted by Crippen LogP contribution is -2.26. The largest absolute Gasteiger partial charge is 0.479 e. The number of nitrogens with one attached hydrogen (secondary N) is 1. The van der Waals surface area contributed by atoms with Crippen LogP contribution in [0, 0.1) is 0 Å². The van der Waals surface area contributed by atoms with Gasteiger partial charge in [-0.3, -0.25) is 9.63 Å². The van der Waals surface area contributed by atoms with Gasteiger partial charge in [0.25, 0.3) is 5.91 Å². The topological polar surface area (TPSA) is 78.9 Å². The molecule has 2 rings (SSSR count). The predicted molar refractivity (Wildman–Crippen MR) is 150 cm³/mol. The highest BCUT2D eigenvalue weighted by atomic mass is 35.5. The average Bonchev–Trinajstić information content (AvgIpc) is 2.85. The van der Waals surface area contributed by atoms with Gasteiger partial charge in [-0.25, -0.2) is 4.79 Å². The zero-order valence-corrected chi connectivity index (χ0v) is 23.3. The quantitative estimate of drug-likeness (QED) is 0.138. The molecule has 0 saturated carbocycles. The van der Waals surface area contributed by atoms with Crippen LogP contribution in [0.4, 0.5) is 0 Å². The van der Waals surface area contributed by atoms with Crippen LogP contribution < -0.4 is 5.32 Å². The van der Waals surface area contributed by atoms with E-state index in [1.807, 2.05) is 12.1 Å². The summed E-state index contributed by atoms with van der Waals surface area (Å²) in [6.45, 7) is 3.09. The molecule has 0 saturated heterocycles. The van der Waals surface area contributed by atoms with Gasteiger partial charge in [0, 0.05) is 35.2 Å². The van der Waals surface area contributed by atoms with Crippen LogP contribution in [0.3, 0.4) is 0 Å². The highest BCUT2D eigenvalue weighted by Crippen LogP contribution is 2.21. The summed E-state index contributed by atoms with van der Waals surface area (Å²) in [4.78, 5) is 29.0.